The van der Waals surface area contributed by atoms with Crippen molar-refractivity contribution >= 4 is 5.91 Å². The Bertz CT molecular complexity index is 567. The molecule has 4 atom stereocenters. The number of hydrogen-bond donors (Lipinski definition) is 1. The zero-order valence-corrected chi connectivity index (χ0v) is 14.3. The van der Waals surface area contributed by atoms with Crippen LogP contribution >= 0.6 is 0 Å². The van der Waals surface area contributed by atoms with Gasteiger partial charge in [-0.25, -0.2) is 0 Å². The lowest BCUT2D eigenvalue weighted by Gasteiger charge is -2.30. The maximum Gasteiger partial charge on any atom is 0.274 e. The number of nitrogens with one attached hydrogen (secondary N) is 1. The van der Waals surface area contributed by atoms with Crippen LogP contribution in [0.3, 0.4) is 0 Å². The van der Waals surface area contributed by atoms with E-state index in [-0.39, 0.29) is 5.91 Å². The van der Waals surface area contributed by atoms with Gasteiger partial charge in [0.25, 0.3) is 5.91 Å². The summed E-state index contributed by atoms with van der Waals surface area (Å²) < 4.78 is 0. The molecule has 2 saturated carbocycles. The van der Waals surface area contributed by atoms with E-state index in [1.54, 1.807) is 0 Å². The molecule has 0 radical (unpaired) electrons. The highest BCUT2D eigenvalue weighted by Gasteiger charge is 2.42. The molecule has 2 aliphatic carbocycles. The lowest BCUT2D eigenvalue weighted by atomic mass is 9.83. The Morgan fingerprint density at radius 2 is 2.26 bits per heavy atom. The van der Waals surface area contributed by atoms with Gasteiger partial charge in [0.05, 0.1) is 0 Å². The number of H-pyrrole nitrogens is 1. The van der Waals surface area contributed by atoms with Crippen molar-refractivity contribution in [3.8, 4) is 0 Å². The van der Waals surface area contributed by atoms with Gasteiger partial charge in [0.15, 0.2) is 0 Å². The van der Waals surface area contributed by atoms with Gasteiger partial charge in [-0.3, -0.25) is 9.89 Å². The topological polar surface area (TPSA) is 49.0 Å². The molecule has 1 aromatic rings. The van der Waals surface area contributed by atoms with E-state index in [0.717, 1.165) is 49.3 Å². The highest BCUT2D eigenvalue weighted by molar-refractivity contribution is 5.92. The summed E-state index contributed by atoms with van der Waals surface area (Å²) in [6, 6.07) is 2.41. The number of aromatic nitrogens is 2. The zero-order chi connectivity index (χ0) is 15.8. The summed E-state index contributed by atoms with van der Waals surface area (Å²) in [5.41, 5.74) is 1.70. The van der Waals surface area contributed by atoms with Crippen LogP contribution in [0.15, 0.2) is 6.07 Å². The third-order valence-corrected chi connectivity index (χ3v) is 6.47. The van der Waals surface area contributed by atoms with Gasteiger partial charge >= 0.3 is 0 Å². The first kappa shape index (κ1) is 15.2. The summed E-state index contributed by atoms with van der Waals surface area (Å²) in [5.74, 6) is 2.98. The maximum absolute atomic E-state index is 12.9. The maximum atomic E-state index is 12.9. The van der Waals surface area contributed by atoms with Gasteiger partial charge in [-0.2, -0.15) is 5.10 Å². The van der Waals surface area contributed by atoms with Crippen molar-refractivity contribution in [1.82, 2.24) is 15.1 Å². The fourth-order valence-electron chi connectivity index (χ4n) is 5.38. The van der Waals surface area contributed by atoms with Crippen molar-refractivity contribution in [2.45, 2.75) is 70.8 Å². The molecule has 4 rings (SSSR count). The molecular formula is C19H29N3O. The molecule has 0 aromatic carbocycles. The predicted octanol–water partition coefficient (Wildman–Crippen LogP) is 3.79. The average molecular weight is 315 g/mol. The third-order valence-electron chi connectivity index (χ3n) is 6.47. The van der Waals surface area contributed by atoms with Gasteiger partial charge in [0.2, 0.25) is 0 Å². The van der Waals surface area contributed by atoms with E-state index in [4.69, 9.17) is 0 Å². The third kappa shape index (κ3) is 2.92. The Morgan fingerprint density at radius 1 is 1.35 bits per heavy atom. The second-order valence-electron chi connectivity index (χ2n) is 7.99. The quantitative estimate of drug-likeness (QED) is 0.898. The molecule has 1 aliphatic heterocycles. The molecule has 4 nitrogen and oxygen atoms in total. The molecule has 1 saturated heterocycles. The molecule has 2 bridgehead atoms. The van der Waals surface area contributed by atoms with Crippen LogP contribution < -0.4 is 0 Å². The highest BCUT2D eigenvalue weighted by Crippen LogP contribution is 2.50. The minimum absolute atomic E-state index is 0.147. The Hall–Kier alpha value is -1.32. The second kappa shape index (κ2) is 6.29. The number of aryl methyl sites for hydroxylation is 1. The van der Waals surface area contributed by atoms with E-state index in [0.29, 0.717) is 11.7 Å². The number of aromatic amines is 1. The van der Waals surface area contributed by atoms with Crippen molar-refractivity contribution in [3.05, 3.63) is 17.5 Å². The molecule has 1 N–H and O–H groups in total. The minimum Gasteiger partial charge on any atom is -0.334 e. The number of amides is 1. The standard InChI is InChI=1S/C19H29N3O/c1-2-4-16-12-18(21-20-16)19(23)22-8-3-5-17(22)11-15-10-13-6-7-14(15)9-13/h12-15,17H,2-11H2,1H3,(H,20,21)/t13-,14-,15-,17-/m0/s1. The van der Waals surface area contributed by atoms with E-state index < -0.39 is 0 Å². The summed E-state index contributed by atoms with van der Waals surface area (Å²) >= 11 is 0. The molecule has 4 heteroatoms. The van der Waals surface area contributed by atoms with Crippen LogP contribution in [0, 0.1) is 17.8 Å². The second-order valence-corrected chi connectivity index (χ2v) is 7.99. The van der Waals surface area contributed by atoms with Gasteiger partial charge in [-0.05, 0) is 68.8 Å². The zero-order valence-electron chi connectivity index (χ0n) is 14.3. The Morgan fingerprint density at radius 3 is 3.00 bits per heavy atom. The molecule has 23 heavy (non-hydrogen) atoms. The van der Waals surface area contributed by atoms with Crippen LogP contribution in [0.25, 0.3) is 0 Å². The number of rotatable bonds is 5. The normalized spacial score (nSPS) is 32.8. The number of hydrogen-bond acceptors (Lipinski definition) is 2. The summed E-state index contributed by atoms with van der Waals surface area (Å²) in [6.45, 7) is 3.06. The number of carbonyl (C=O) groups is 1. The van der Waals surface area contributed by atoms with E-state index in [1.807, 2.05) is 6.07 Å². The number of likely N-dealkylation sites (tertiary alicyclic amines) is 1. The van der Waals surface area contributed by atoms with Crippen molar-refractivity contribution in [2.24, 2.45) is 17.8 Å². The molecular weight excluding hydrogens is 286 g/mol. The first-order chi connectivity index (χ1) is 11.2. The summed E-state index contributed by atoms with van der Waals surface area (Å²) in [4.78, 5) is 15.0. The predicted molar refractivity (Wildman–Crippen MR) is 90.2 cm³/mol. The van der Waals surface area contributed by atoms with Crippen molar-refractivity contribution in [2.75, 3.05) is 6.54 Å². The first-order valence-electron chi connectivity index (χ1n) is 9.59. The molecule has 0 spiro atoms. The molecule has 0 unspecified atom stereocenters. The molecule has 1 amide bonds. The summed E-state index contributed by atoms with van der Waals surface area (Å²) in [5, 5.41) is 7.29. The van der Waals surface area contributed by atoms with Crippen molar-refractivity contribution < 1.29 is 4.79 Å². The van der Waals surface area contributed by atoms with Gasteiger partial charge in [0, 0.05) is 18.3 Å². The Kier molecular flexibility index (Phi) is 4.16. The summed E-state index contributed by atoms with van der Waals surface area (Å²) in [7, 11) is 0. The van der Waals surface area contributed by atoms with Crippen LogP contribution in [-0.2, 0) is 6.42 Å². The van der Waals surface area contributed by atoms with Crippen LogP contribution in [0.5, 0.6) is 0 Å². The minimum atomic E-state index is 0.147. The number of fused-ring (bicyclic) bond motifs is 2. The average Bonchev–Trinajstić information content (AvgIpc) is 3.31. The van der Waals surface area contributed by atoms with Gasteiger partial charge < -0.3 is 4.90 Å². The number of nitrogens with zero attached hydrogens (tertiary/aromatic N) is 2. The monoisotopic (exact) mass is 315 g/mol. The van der Waals surface area contributed by atoms with E-state index in [2.05, 4.69) is 22.0 Å². The van der Waals surface area contributed by atoms with E-state index >= 15 is 0 Å². The molecule has 1 aromatic heterocycles. The lowest BCUT2D eigenvalue weighted by molar-refractivity contribution is 0.0701. The van der Waals surface area contributed by atoms with Crippen LogP contribution in [0.2, 0.25) is 0 Å². The van der Waals surface area contributed by atoms with Gasteiger partial charge in [0.1, 0.15) is 5.69 Å². The largest absolute Gasteiger partial charge is 0.334 e. The van der Waals surface area contributed by atoms with E-state index in [9.17, 15) is 4.79 Å². The van der Waals surface area contributed by atoms with Crippen LogP contribution in [0.4, 0.5) is 0 Å². The fraction of sp³-hybridized carbons (Fsp3) is 0.789. The summed E-state index contributed by atoms with van der Waals surface area (Å²) in [6.07, 6.45) is 11.4. The van der Waals surface area contributed by atoms with Crippen molar-refractivity contribution in [1.29, 1.82) is 0 Å². The molecule has 3 fully saturated rings. The molecule has 126 valence electrons. The first-order valence-corrected chi connectivity index (χ1v) is 9.59. The lowest BCUT2D eigenvalue weighted by Crippen LogP contribution is -2.37. The molecule has 3 aliphatic rings. The molecule has 2 heterocycles. The van der Waals surface area contributed by atoms with Gasteiger partial charge in [-0.1, -0.05) is 19.8 Å². The van der Waals surface area contributed by atoms with E-state index in [1.165, 1.54) is 38.5 Å². The van der Waals surface area contributed by atoms with Crippen molar-refractivity contribution in [3.63, 3.8) is 0 Å². The number of carbonyl (C=O) groups excluding carboxylic acids is 1. The fourth-order valence-corrected chi connectivity index (χ4v) is 5.38. The van der Waals surface area contributed by atoms with Gasteiger partial charge in [-0.15, -0.1) is 0 Å². The van der Waals surface area contributed by atoms with Crippen LogP contribution in [-0.4, -0.2) is 33.6 Å². The SMILES string of the molecule is CCCc1cc(C(=O)N2CCC[C@H]2C[C@@H]2C[C@H]3CC[C@H]2C3)n[nH]1. The smallest absolute Gasteiger partial charge is 0.274 e. The Balaban J connectivity index is 1.41. The van der Waals surface area contributed by atoms with Crippen LogP contribution in [0.1, 0.15) is 74.5 Å². The Labute approximate surface area is 139 Å². The highest BCUT2D eigenvalue weighted by atomic mass is 16.2.